The van der Waals surface area contributed by atoms with Gasteiger partial charge < -0.3 is 0 Å². The van der Waals surface area contributed by atoms with Gasteiger partial charge in [-0.1, -0.05) is 23.7 Å². The lowest BCUT2D eigenvalue weighted by atomic mass is 10.1. The Balaban J connectivity index is 1.65. The standard InChI is InChI=1S/C23H22ClN5O/c1-12-8-18-14(3)25-22(27-20(18)9-13(12)2)29-23-26-15(4)19(21(30)28-23)11-16-6-5-7-17(24)10-16/h5-10H,11H2,1-4H3,(H2,25,26,27,28,29,30). The molecule has 0 unspecified atom stereocenters. The number of benzene rings is 2. The zero-order chi connectivity index (χ0) is 21.4. The lowest BCUT2D eigenvalue weighted by Crippen LogP contribution is -2.19. The minimum Gasteiger partial charge on any atom is -0.294 e. The first-order valence-corrected chi connectivity index (χ1v) is 10.0. The van der Waals surface area contributed by atoms with Crippen molar-refractivity contribution < 1.29 is 0 Å². The minimum absolute atomic E-state index is 0.200. The van der Waals surface area contributed by atoms with Crippen LogP contribution in [-0.4, -0.2) is 19.9 Å². The maximum Gasteiger partial charge on any atom is 0.256 e. The van der Waals surface area contributed by atoms with Crippen molar-refractivity contribution in [2.45, 2.75) is 34.1 Å². The smallest absolute Gasteiger partial charge is 0.256 e. The molecule has 0 fully saturated rings. The molecule has 2 aromatic carbocycles. The zero-order valence-electron chi connectivity index (χ0n) is 17.3. The summed E-state index contributed by atoms with van der Waals surface area (Å²) in [5.74, 6) is 0.711. The van der Waals surface area contributed by atoms with Gasteiger partial charge in [-0.3, -0.25) is 15.1 Å². The summed E-state index contributed by atoms with van der Waals surface area (Å²) >= 11 is 6.05. The predicted molar refractivity (Wildman–Crippen MR) is 121 cm³/mol. The molecule has 6 nitrogen and oxygen atoms in total. The van der Waals surface area contributed by atoms with E-state index in [9.17, 15) is 4.79 Å². The number of rotatable bonds is 4. The Morgan fingerprint density at radius 3 is 2.47 bits per heavy atom. The lowest BCUT2D eigenvalue weighted by molar-refractivity contribution is 0.978. The van der Waals surface area contributed by atoms with Gasteiger partial charge in [0.15, 0.2) is 0 Å². The van der Waals surface area contributed by atoms with Crippen LogP contribution in [0.25, 0.3) is 10.9 Å². The van der Waals surface area contributed by atoms with Gasteiger partial charge in [-0.2, -0.15) is 0 Å². The summed E-state index contributed by atoms with van der Waals surface area (Å²) in [4.78, 5) is 29.1. The number of H-pyrrole nitrogens is 1. The summed E-state index contributed by atoms with van der Waals surface area (Å²) in [6.07, 6.45) is 0.458. The van der Waals surface area contributed by atoms with E-state index in [2.05, 4.69) is 45.2 Å². The minimum atomic E-state index is -0.200. The first kappa shape index (κ1) is 20.0. The average Bonchev–Trinajstić information content (AvgIpc) is 2.66. The second kappa shape index (κ2) is 7.88. The third kappa shape index (κ3) is 4.04. The van der Waals surface area contributed by atoms with E-state index in [4.69, 9.17) is 11.6 Å². The number of fused-ring (bicyclic) bond motifs is 1. The number of hydrogen-bond donors (Lipinski definition) is 2. The monoisotopic (exact) mass is 419 g/mol. The van der Waals surface area contributed by atoms with E-state index in [1.54, 1.807) is 0 Å². The normalized spacial score (nSPS) is 11.1. The summed E-state index contributed by atoms with van der Waals surface area (Å²) in [7, 11) is 0. The molecule has 4 aromatic rings. The van der Waals surface area contributed by atoms with Crippen LogP contribution in [0.3, 0.4) is 0 Å². The molecule has 2 aromatic heterocycles. The van der Waals surface area contributed by atoms with Crippen LogP contribution >= 0.6 is 11.6 Å². The molecule has 152 valence electrons. The number of hydrogen-bond acceptors (Lipinski definition) is 5. The number of halogens is 1. The summed E-state index contributed by atoms with van der Waals surface area (Å²) in [5, 5.41) is 4.70. The van der Waals surface area contributed by atoms with Crippen molar-refractivity contribution in [3.8, 4) is 0 Å². The Labute approximate surface area is 179 Å². The molecule has 0 aliphatic rings. The molecule has 0 atom stereocenters. The molecular formula is C23H22ClN5O. The summed E-state index contributed by atoms with van der Waals surface area (Å²) in [5.41, 5.74) is 6.08. The maximum atomic E-state index is 12.7. The van der Waals surface area contributed by atoms with Crippen LogP contribution in [0.5, 0.6) is 0 Å². The fourth-order valence-corrected chi connectivity index (χ4v) is 3.64. The van der Waals surface area contributed by atoms with Crippen molar-refractivity contribution >= 4 is 34.4 Å². The molecule has 0 aliphatic heterocycles. The molecule has 0 spiro atoms. The van der Waals surface area contributed by atoms with Crippen LogP contribution in [0.4, 0.5) is 11.9 Å². The van der Waals surface area contributed by atoms with E-state index in [0.717, 1.165) is 22.2 Å². The number of anilines is 2. The lowest BCUT2D eigenvalue weighted by Gasteiger charge is -2.11. The van der Waals surface area contributed by atoms with Crippen molar-refractivity contribution in [2.24, 2.45) is 0 Å². The zero-order valence-corrected chi connectivity index (χ0v) is 18.1. The summed E-state index contributed by atoms with van der Waals surface area (Å²) < 4.78 is 0. The molecule has 4 rings (SSSR count). The maximum absolute atomic E-state index is 12.7. The fraction of sp³-hybridized carbons (Fsp3) is 0.217. The van der Waals surface area contributed by atoms with E-state index in [0.29, 0.717) is 34.6 Å². The molecule has 0 bridgehead atoms. The number of aromatic nitrogens is 4. The van der Waals surface area contributed by atoms with E-state index in [-0.39, 0.29) is 5.56 Å². The van der Waals surface area contributed by atoms with Gasteiger partial charge in [-0.05, 0) is 68.7 Å². The third-order valence-electron chi connectivity index (χ3n) is 5.22. The molecule has 0 radical (unpaired) electrons. The van der Waals surface area contributed by atoms with Gasteiger partial charge in [-0.15, -0.1) is 0 Å². The number of nitrogens with one attached hydrogen (secondary N) is 2. The van der Waals surface area contributed by atoms with Crippen molar-refractivity contribution in [1.29, 1.82) is 0 Å². The summed E-state index contributed by atoms with van der Waals surface area (Å²) in [6, 6.07) is 11.6. The Morgan fingerprint density at radius 2 is 1.73 bits per heavy atom. The van der Waals surface area contributed by atoms with Crippen LogP contribution in [0.15, 0.2) is 41.2 Å². The second-order valence-electron chi connectivity index (χ2n) is 7.50. The molecule has 0 saturated carbocycles. The molecule has 0 amide bonds. The first-order valence-electron chi connectivity index (χ1n) is 9.67. The molecule has 30 heavy (non-hydrogen) atoms. The molecular weight excluding hydrogens is 398 g/mol. The van der Waals surface area contributed by atoms with Gasteiger partial charge in [0.25, 0.3) is 5.56 Å². The Morgan fingerprint density at radius 1 is 0.967 bits per heavy atom. The van der Waals surface area contributed by atoms with Crippen LogP contribution in [0.1, 0.15) is 33.6 Å². The van der Waals surface area contributed by atoms with Gasteiger partial charge in [0.2, 0.25) is 11.9 Å². The molecule has 7 heteroatoms. The van der Waals surface area contributed by atoms with E-state index in [1.807, 2.05) is 44.2 Å². The quantitative estimate of drug-likeness (QED) is 0.489. The van der Waals surface area contributed by atoms with E-state index < -0.39 is 0 Å². The van der Waals surface area contributed by atoms with Gasteiger partial charge in [0.1, 0.15) is 0 Å². The SMILES string of the molecule is Cc1cc2nc(Nc3nc(C)c(Cc4cccc(Cl)c4)c(=O)[nH]3)nc(C)c2cc1C. The van der Waals surface area contributed by atoms with Crippen molar-refractivity contribution in [3.63, 3.8) is 0 Å². The van der Waals surface area contributed by atoms with E-state index >= 15 is 0 Å². The topological polar surface area (TPSA) is 83.6 Å². The molecule has 2 heterocycles. The van der Waals surface area contributed by atoms with Crippen LogP contribution in [0, 0.1) is 27.7 Å². The highest BCUT2D eigenvalue weighted by atomic mass is 35.5. The first-order chi connectivity index (χ1) is 14.3. The largest absolute Gasteiger partial charge is 0.294 e. The highest BCUT2D eigenvalue weighted by Gasteiger charge is 2.12. The summed E-state index contributed by atoms with van der Waals surface area (Å²) in [6.45, 7) is 7.89. The van der Waals surface area contributed by atoms with Gasteiger partial charge in [-0.25, -0.2) is 15.0 Å². The predicted octanol–water partition coefficient (Wildman–Crippen LogP) is 4.93. The van der Waals surface area contributed by atoms with Crippen LogP contribution in [0.2, 0.25) is 5.02 Å². The van der Waals surface area contributed by atoms with Gasteiger partial charge >= 0.3 is 0 Å². The van der Waals surface area contributed by atoms with Crippen LogP contribution in [-0.2, 0) is 6.42 Å². The number of nitrogens with zero attached hydrogens (tertiary/aromatic N) is 3. The Hall–Kier alpha value is -3.25. The van der Waals surface area contributed by atoms with Gasteiger partial charge in [0, 0.05) is 22.4 Å². The highest BCUT2D eigenvalue weighted by molar-refractivity contribution is 6.30. The van der Waals surface area contributed by atoms with Crippen molar-refractivity contribution in [1.82, 2.24) is 19.9 Å². The van der Waals surface area contributed by atoms with E-state index in [1.165, 1.54) is 11.1 Å². The highest BCUT2D eigenvalue weighted by Crippen LogP contribution is 2.22. The number of aromatic amines is 1. The average molecular weight is 420 g/mol. The second-order valence-corrected chi connectivity index (χ2v) is 7.93. The molecule has 0 aliphatic carbocycles. The van der Waals surface area contributed by atoms with Crippen molar-refractivity contribution in [3.05, 3.63) is 85.4 Å². The fourth-order valence-electron chi connectivity index (χ4n) is 3.43. The molecule has 2 N–H and O–H groups in total. The van der Waals surface area contributed by atoms with Crippen LogP contribution < -0.4 is 10.9 Å². The number of aryl methyl sites for hydroxylation is 4. The third-order valence-corrected chi connectivity index (χ3v) is 5.46. The Bertz CT molecular complexity index is 1330. The van der Waals surface area contributed by atoms with Crippen molar-refractivity contribution in [2.75, 3.05) is 5.32 Å². The Kier molecular flexibility index (Phi) is 5.26. The molecule has 0 saturated heterocycles. The van der Waals surface area contributed by atoms with Gasteiger partial charge in [0.05, 0.1) is 16.9 Å².